The lowest BCUT2D eigenvalue weighted by Crippen LogP contribution is -2.26. The van der Waals surface area contributed by atoms with Crippen LogP contribution in [0.5, 0.6) is 0 Å². The quantitative estimate of drug-likeness (QED) is 0.528. The van der Waals surface area contributed by atoms with Gasteiger partial charge in [0.1, 0.15) is 10.0 Å². The van der Waals surface area contributed by atoms with Crippen LogP contribution in [-0.4, -0.2) is 40.7 Å². The first-order chi connectivity index (χ1) is 15.0. The molecular formula is C24H34N4O2S. The Balaban J connectivity index is 1.75. The Kier molecular flexibility index (Phi) is 8.56. The van der Waals surface area contributed by atoms with Crippen molar-refractivity contribution in [2.75, 3.05) is 13.2 Å². The molecule has 0 bridgehead atoms. The number of hydrogen-bond acceptors (Lipinski definition) is 7. The monoisotopic (exact) mass is 442 g/mol. The molecule has 0 fully saturated rings. The summed E-state index contributed by atoms with van der Waals surface area (Å²) in [4.78, 5) is 0. The first-order valence-electron chi connectivity index (χ1n) is 11.3. The lowest BCUT2D eigenvalue weighted by molar-refractivity contribution is -0.0183. The third kappa shape index (κ3) is 5.69. The summed E-state index contributed by atoms with van der Waals surface area (Å²) in [5.74, 6) is -0.00878. The van der Waals surface area contributed by atoms with E-state index in [-0.39, 0.29) is 36.7 Å². The van der Waals surface area contributed by atoms with Gasteiger partial charge in [-0.1, -0.05) is 43.4 Å². The molecule has 0 saturated carbocycles. The first kappa shape index (κ1) is 23.8. The molecule has 4 unspecified atom stereocenters. The van der Waals surface area contributed by atoms with E-state index in [1.807, 2.05) is 13.8 Å². The summed E-state index contributed by atoms with van der Waals surface area (Å²) in [5, 5.41) is 33.2. The van der Waals surface area contributed by atoms with E-state index in [0.717, 1.165) is 41.3 Å². The van der Waals surface area contributed by atoms with Gasteiger partial charge < -0.3 is 15.2 Å². The number of aromatic nitrogens is 2. The smallest absolute Gasteiger partial charge is 0.148 e. The van der Waals surface area contributed by atoms with Crippen molar-refractivity contribution in [3.63, 3.8) is 0 Å². The number of aliphatic hydroxyl groups excluding tert-OH is 1. The Morgan fingerprint density at radius 2 is 2.13 bits per heavy atom. The molecule has 1 heterocycles. The Labute approximate surface area is 189 Å². The molecule has 0 saturated heterocycles. The highest BCUT2D eigenvalue weighted by Gasteiger charge is 2.28. The predicted octanol–water partition coefficient (Wildman–Crippen LogP) is 4.61. The van der Waals surface area contributed by atoms with Crippen molar-refractivity contribution in [2.45, 2.75) is 77.5 Å². The summed E-state index contributed by atoms with van der Waals surface area (Å²) in [6.45, 7) is 8.98. The number of nitriles is 1. The zero-order valence-corrected chi connectivity index (χ0v) is 19.8. The van der Waals surface area contributed by atoms with E-state index in [4.69, 9.17) is 9.84 Å². The average molecular weight is 443 g/mol. The van der Waals surface area contributed by atoms with Gasteiger partial charge in [-0.3, -0.25) is 0 Å². The van der Waals surface area contributed by atoms with Crippen LogP contribution < -0.4 is 5.32 Å². The van der Waals surface area contributed by atoms with E-state index in [1.54, 1.807) is 11.3 Å². The van der Waals surface area contributed by atoms with Gasteiger partial charge in [-0.25, -0.2) is 0 Å². The maximum Gasteiger partial charge on any atom is 0.148 e. The zero-order valence-electron chi connectivity index (χ0n) is 19.0. The largest absolute Gasteiger partial charge is 0.395 e. The molecule has 0 amide bonds. The summed E-state index contributed by atoms with van der Waals surface area (Å²) < 4.78 is 5.98. The van der Waals surface area contributed by atoms with Crippen LogP contribution in [0.15, 0.2) is 18.2 Å². The fourth-order valence-electron chi connectivity index (χ4n) is 4.44. The van der Waals surface area contributed by atoms with Crippen LogP contribution in [0.3, 0.4) is 0 Å². The Morgan fingerprint density at radius 3 is 2.81 bits per heavy atom. The minimum Gasteiger partial charge on any atom is -0.395 e. The van der Waals surface area contributed by atoms with E-state index >= 15 is 0 Å². The molecule has 0 aliphatic heterocycles. The van der Waals surface area contributed by atoms with Crippen molar-refractivity contribution in [3.05, 3.63) is 34.3 Å². The van der Waals surface area contributed by atoms with Crippen molar-refractivity contribution in [1.29, 1.82) is 5.26 Å². The van der Waals surface area contributed by atoms with Crippen molar-refractivity contribution in [1.82, 2.24) is 15.5 Å². The van der Waals surface area contributed by atoms with Crippen molar-refractivity contribution < 1.29 is 9.84 Å². The molecule has 2 N–H and O–H groups in total. The van der Waals surface area contributed by atoms with Crippen molar-refractivity contribution in [3.8, 4) is 16.6 Å². The molecular weight excluding hydrogens is 408 g/mol. The van der Waals surface area contributed by atoms with Crippen molar-refractivity contribution >= 4 is 11.3 Å². The number of aliphatic hydroxyl groups is 1. The number of fused-ring (bicyclic) bond motifs is 1. The van der Waals surface area contributed by atoms with Crippen LogP contribution >= 0.6 is 11.3 Å². The molecule has 31 heavy (non-hydrogen) atoms. The lowest BCUT2D eigenvalue weighted by Gasteiger charge is -2.24. The highest BCUT2D eigenvalue weighted by atomic mass is 32.1. The van der Waals surface area contributed by atoms with Crippen LogP contribution in [0.25, 0.3) is 10.6 Å². The van der Waals surface area contributed by atoms with E-state index in [0.29, 0.717) is 6.54 Å². The number of nitrogens with zero attached hydrogens (tertiary/aromatic N) is 3. The van der Waals surface area contributed by atoms with Gasteiger partial charge in [0.2, 0.25) is 0 Å². The zero-order chi connectivity index (χ0) is 22.4. The van der Waals surface area contributed by atoms with E-state index in [1.165, 1.54) is 11.1 Å². The summed E-state index contributed by atoms with van der Waals surface area (Å²) in [6.07, 6.45) is 3.63. The number of benzene rings is 1. The van der Waals surface area contributed by atoms with Crippen LogP contribution in [0.4, 0.5) is 0 Å². The van der Waals surface area contributed by atoms with Crippen LogP contribution in [0.1, 0.15) is 75.1 Å². The highest BCUT2D eigenvalue weighted by Crippen LogP contribution is 2.40. The summed E-state index contributed by atoms with van der Waals surface area (Å²) in [7, 11) is 0. The average Bonchev–Trinajstić information content (AvgIpc) is 3.41. The van der Waals surface area contributed by atoms with Crippen LogP contribution in [0.2, 0.25) is 0 Å². The maximum atomic E-state index is 9.73. The second kappa shape index (κ2) is 11.1. The Hall–Kier alpha value is -1.85. The number of rotatable bonds is 11. The van der Waals surface area contributed by atoms with Gasteiger partial charge in [-0.05, 0) is 50.7 Å². The lowest BCUT2D eigenvalue weighted by atomic mass is 9.91. The summed E-state index contributed by atoms with van der Waals surface area (Å²) in [5.41, 5.74) is 3.80. The molecule has 1 aromatic carbocycles. The Morgan fingerprint density at radius 1 is 1.32 bits per heavy atom. The van der Waals surface area contributed by atoms with Crippen LogP contribution in [-0.2, 0) is 11.2 Å². The number of ether oxygens (including phenoxy) is 1. The fraction of sp³-hybridized carbons (Fsp3) is 0.625. The maximum absolute atomic E-state index is 9.73. The van der Waals surface area contributed by atoms with E-state index in [9.17, 15) is 5.26 Å². The van der Waals surface area contributed by atoms with Gasteiger partial charge in [-0.2, -0.15) is 5.26 Å². The molecule has 6 nitrogen and oxygen atoms in total. The molecule has 4 atom stereocenters. The van der Waals surface area contributed by atoms with E-state index < -0.39 is 0 Å². The van der Waals surface area contributed by atoms with Gasteiger partial charge in [0.25, 0.3) is 0 Å². The van der Waals surface area contributed by atoms with Gasteiger partial charge in [-0.15, -0.1) is 10.2 Å². The predicted molar refractivity (Wildman–Crippen MR) is 124 cm³/mol. The molecule has 168 valence electrons. The normalized spacial score (nSPS) is 18.5. The van der Waals surface area contributed by atoms with Gasteiger partial charge in [0.05, 0.1) is 30.8 Å². The molecule has 1 aliphatic carbocycles. The highest BCUT2D eigenvalue weighted by molar-refractivity contribution is 7.14. The fourth-order valence-corrected chi connectivity index (χ4v) is 5.40. The van der Waals surface area contributed by atoms with Gasteiger partial charge in [0, 0.05) is 24.1 Å². The minimum atomic E-state index is -0.158. The number of hydrogen-bond donors (Lipinski definition) is 2. The third-order valence-electron chi connectivity index (χ3n) is 5.94. The molecule has 0 radical (unpaired) electrons. The van der Waals surface area contributed by atoms with Crippen molar-refractivity contribution in [2.24, 2.45) is 5.92 Å². The summed E-state index contributed by atoms with van der Waals surface area (Å²) in [6, 6.07) is 9.13. The SMILES string of the molecule is CCC(OC(C)C)C(C#N)CC(C)c1nnc(-c2cccc3c2CCC3NCCO)s1. The molecule has 1 aliphatic rings. The third-order valence-corrected chi connectivity index (χ3v) is 7.13. The van der Waals surface area contributed by atoms with Gasteiger partial charge >= 0.3 is 0 Å². The standard InChI is InChI=1S/C24H34N4O2S/c1-5-22(30-15(2)3)17(14-25)13-16(4)23-27-28-24(31-23)20-8-6-7-19-18(20)9-10-21(19)26-11-12-29/h6-8,15-17,21-22,26,29H,5,9-13H2,1-4H3. The van der Waals surface area contributed by atoms with Gasteiger partial charge in [0.15, 0.2) is 0 Å². The first-order valence-corrected chi connectivity index (χ1v) is 12.1. The molecule has 1 aromatic heterocycles. The molecule has 0 spiro atoms. The van der Waals surface area contributed by atoms with E-state index in [2.05, 4.69) is 53.6 Å². The minimum absolute atomic E-state index is 0.0550. The summed E-state index contributed by atoms with van der Waals surface area (Å²) >= 11 is 1.63. The topological polar surface area (TPSA) is 91.1 Å². The second-order valence-corrected chi connectivity index (χ2v) is 9.60. The van der Waals surface area contributed by atoms with Crippen LogP contribution in [0, 0.1) is 17.2 Å². The molecule has 2 aromatic rings. The molecule has 7 heteroatoms. The molecule has 3 rings (SSSR count). The second-order valence-electron chi connectivity index (χ2n) is 8.59. The number of nitrogens with one attached hydrogen (secondary N) is 1. The Bertz CT molecular complexity index is 892.